The topological polar surface area (TPSA) is 76.6 Å². The Balaban J connectivity index is 0.000000891. The molecule has 1 fully saturated rings. The zero-order valence-corrected chi connectivity index (χ0v) is 14.2. The summed E-state index contributed by atoms with van der Waals surface area (Å²) in [7, 11) is 1.34. The molecule has 0 saturated carbocycles. The van der Waals surface area contributed by atoms with Gasteiger partial charge in [0.1, 0.15) is 5.78 Å². The van der Waals surface area contributed by atoms with E-state index < -0.39 is 0 Å². The predicted molar refractivity (Wildman–Crippen MR) is 90.8 cm³/mol. The number of carbonyl (C=O) groups excluding carboxylic acids is 3. The largest absolute Gasteiger partial charge is 0.453 e. The number of piperidine rings is 1. The smallest absolute Gasteiger partial charge is 0.409 e. The third-order valence-corrected chi connectivity index (χ3v) is 3.72. The molecule has 0 radical (unpaired) electrons. The molecule has 0 aliphatic carbocycles. The van der Waals surface area contributed by atoms with E-state index in [1.807, 2.05) is 6.92 Å². The average Bonchev–Trinajstić information content (AvgIpc) is 2.62. The van der Waals surface area contributed by atoms with Crippen molar-refractivity contribution in [3.05, 3.63) is 42.7 Å². The summed E-state index contributed by atoms with van der Waals surface area (Å²) >= 11 is 0. The first-order chi connectivity index (χ1) is 11.5. The molecule has 2 rings (SSSR count). The first-order valence-electron chi connectivity index (χ1n) is 7.89. The molecule has 0 N–H and O–H groups in total. The fourth-order valence-electron chi connectivity index (χ4n) is 2.46. The van der Waals surface area contributed by atoms with E-state index in [1.54, 1.807) is 23.1 Å². The number of nitrogens with zero attached hydrogens (tertiary/aromatic N) is 2. The van der Waals surface area contributed by atoms with Gasteiger partial charge in [0, 0.05) is 37.0 Å². The van der Waals surface area contributed by atoms with Crippen LogP contribution in [-0.2, 0) is 9.53 Å². The van der Waals surface area contributed by atoms with Gasteiger partial charge in [0.05, 0.1) is 13.5 Å². The first kappa shape index (κ1) is 19.5. The van der Waals surface area contributed by atoms with Crippen LogP contribution in [0.4, 0.5) is 4.79 Å². The van der Waals surface area contributed by atoms with Gasteiger partial charge in [-0.25, -0.2) is 4.79 Å². The van der Waals surface area contributed by atoms with Crippen molar-refractivity contribution in [2.45, 2.75) is 26.2 Å². The number of allylic oxidation sites excluding steroid dienone is 1. The zero-order chi connectivity index (χ0) is 17.9. The van der Waals surface area contributed by atoms with Gasteiger partial charge in [0.25, 0.3) is 0 Å². The van der Waals surface area contributed by atoms with Gasteiger partial charge in [-0.15, -0.1) is 6.58 Å². The molecule has 1 aliphatic heterocycles. The van der Waals surface area contributed by atoms with Crippen molar-refractivity contribution in [2.24, 2.45) is 5.92 Å². The van der Waals surface area contributed by atoms with Gasteiger partial charge in [0.2, 0.25) is 0 Å². The second-order valence-corrected chi connectivity index (χ2v) is 5.44. The molecular weight excluding hydrogens is 308 g/mol. The highest BCUT2D eigenvalue weighted by Gasteiger charge is 2.28. The van der Waals surface area contributed by atoms with Gasteiger partial charge >= 0.3 is 6.09 Å². The Kier molecular flexibility index (Phi) is 8.39. The number of carbonyl (C=O) groups is 3. The molecule has 1 aromatic rings. The van der Waals surface area contributed by atoms with Crippen molar-refractivity contribution in [1.29, 1.82) is 0 Å². The summed E-state index contributed by atoms with van der Waals surface area (Å²) in [6, 6.07) is 3.21. The van der Waals surface area contributed by atoms with Crippen molar-refractivity contribution < 1.29 is 19.1 Å². The number of rotatable bonds is 4. The van der Waals surface area contributed by atoms with E-state index in [-0.39, 0.29) is 30.0 Å². The van der Waals surface area contributed by atoms with Crippen molar-refractivity contribution >= 4 is 17.7 Å². The molecule has 1 aromatic heterocycles. The quantitative estimate of drug-likeness (QED) is 0.481. The molecule has 1 amide bonds. The highest BCUT2D eigenvalue weighted by Crippen LogP contribution is 2.20. The summed E-state index contributed by atoms with van der Waals surface area (Å²) < 4.78 is 4.65. The molecule has 24 heavy (non-hydrogen) atoms. The van der Waals surface area contributed by atoms with Crippen LogP contribution < -0.4 is 0 Å². The summed E-state index contributed by atoms with van der Waals surface area (Å²) in [5.41, 5.74) is 0.505. The van der Waals surface area contributed by atoms with Crippen molar-refractivity contribution in [3.63, 3.8) is 0 Å². The number of methoxy groups -OCH3 is 1. The van der Waals surface area contributed by atoms with Crippen LogP contribution in [0.5, 0.6) is 0 Å². The van der Waals surface area contributed by atoms with E-state index in [9.17, 15) is 14.4 Å². The zero-order valence-electron chi connectivity index (χ0n) is 14.2. The molecule has 1 aliphatic rings. The number of ether oxygens (including phenoxy) is 1. The lowest BCUT2D eigenvalue weighted by Crippen LogP contribution is -2.40. The third-order valence-electron chi connectivity index (χ3n) is 3.72. The Hall–Kier alpha value is -2.50. The summed E-state index contributed by atoms with van der Waals surface area (Å²) in [5, 5.41) is 0. The minimum Gasteiger partial charge on any atom is -0.453 e. The first-order valence-corrected chi connectivity index (χ1v) is 7.89. The SMILES string of the molecule is C=CC.COC(=O)N1CCC(C(=O)CC(=O)c2ccncc2)CC1. The number of hydrogen-bond donors (Lipinski definition) is 0. The molecule has 1 saturated heterocycles. The van der Waals surface area contributed by atoms with Gasteiger partial charge in [-0.3, -0.25) is 14.6 Å². The second kappa shape index (κ2) is 10.3. The van der Waals surface area contributed by atoms with Crippen molar-refractivity contribution in [1.82, 2.24) is 9.88 Å². The number of aromatic nitrogens is 1. The monoisotopic (exact) mass is 332 g/mol. The van der Waals surface area contributed by atoms with Gasteiger partial charge in [-0.2, -0.15) is 0 Å². The Morgan fingerprint density at radius 1 is 1.29 bits per heavy atom. The Morgan fingerprint density at radius 3 is 2.33 bits per heavy atom. The lowest BCUT2D eigenvalue weighted by Gasteiger charge is -2.30. The minimum atomic E-state index is -0.367. The molecule has 130 valence electrons. The molecule has 6 nitrogen and oxygen atoms in total. The Morgan fingerprint density at radius 2 is 1.83 bits per heavy atom. The number of ketones is 2. The van der Waals surface area contributed by atoms with E-state index >= 15 is 0 Å². The van der Waals surface area contributed by atoms with Crippen LogP contribution in [0.1, 0.15) is 36.5 Å². The van der Waals surface area contributed by atoms with Gasteiger partial charge in [-0.1, -0.05) is 6.08 Å². The van der Waals surface area contributed by atoms with E-state index in [1.165, 1.54) is 19.5 Å². The molecular formula is C18H24N2O4. The second-order valence-electron chi connectivity index (χ2n) is 5.44. The number of pyridine rings is 1. The van der Waals surface area contributed by atoms with E-state index in [0.717, 1.165) is 0 Å². The van der Waals surface area contributed by atoms with Crippen LogP contribution in [0.2, 0.25) is 0 Å². The van der Waals surface area contributed by atoms with E-state index in [2.05, 4.69) is 16.3 Å². The molecule has 0 bridgehead atoms. The molecule has 2 heterocycles. The van der Waals surface area contributed by atoms with Crippen LogP contribution in [0.3, 0.4) is 0 Å². The Bertz CT molecular complexity index is 564. The maximum Gasteiger partial charge on any atom is 0.409 e. The maximum atomic E-state index is 12.2. The van der Waals surface area contributed by atoms with Crippen LogP contribution in [-0.4, -0.2) is 47.7 Å². The summed E-state index contributed by atoms with van der Waals surface area (Å²) in [6.07, 6.45) is 5.52. The van der Waals surface area contributed by atoms with E-state index in [4.69, 9.17) is 0 Å². The molecule has 0 aromatic carbocycles. The standard InChI is InChI=1S/C15H18N2O4.C3H6/c1-21-15(20)17-8-4-12(5-9-17)14(19)10-13(18)11-2-6-16-7-3-11;1-3-2/h2-3,6-7,12H,4-5,8-10H2,1H3;3H,1H2,2H3. The van der Waals surface area contributed by atoms with Gasteiger partial charge in [-0.05, 0) is 31.9 Å². The number of hydrogen-bond acceptors (Lipinski definition) is 5. The predicted octanol–water partition coefficient (Wildman–Crippen LogP) is 2.89. The lowest BCUT2D eigenvalue weighted by atomic mass is 9.89. The van der Waals surface area contributed by atoms with Gasteiger partial charge in [0.15, 0.2) is 5.78 Å². The minimum absolute atomic E-state index is 0.0543. The van der Waals surface area contributed by atoms with Crippen LogP contribution in [0.25, 0.3) is 0 Å². The van der Waals surface area contributed by atoms with Gasteiger partial charge < -0.3 is 9.64 Å². The van der Waals surface area contributed by atoms with Crippen LogP contribution in [0, 0.1) is 5.92 Å². The van der Waals surface area contributed by atoms with Crippen LogP contribution in [0.15, 0.2) is 37.2 Å². The van der Waals surface area contributed by atoms with Crippen molar-refractivity contribution in [3.8, 4) is 0 Å². The third kappa shape index (κ3) is 5.95. The summed E-state index contributed by atoms with van der Waals surface area (Å²) in [4.78, 5) is 40.9. The summed E-state index contributed by atoms with van der Waals surface area (Å²) in [6.45, 7) is 6.24. The van der Waals surface area contributed by atoms with Crippen LogP contribution >= 0.6 is 0 Å². The molecule has 0 atom stereocenters. The number of Topliss-reactive ketones (excluding diaryl/α,β-unsaturated/α-hetero) is 2. The fraction of sp³-hybridized carbons (Fsp3) is 0.444. The fourth-order valence-corrected chi connectivity index (χ4v) is 2.46. The summed E-state index contributed by atoms with van der Waals surface area (Å²) in [5.74, 6) is -0.393. The highest BCUT2D eigenvalue weighted by molar-refractivity contribution is 6.08. The Labute approximate surface area is 142 Å². The molecule has 0 spiro atoms. The normalized spacial score (nSPS) is 14.2. The number of likely N-dealkylation sites (tertiary alicyclic amines) is 1. The molecule has 0 unspecified atom stereocenters. The van der Waals surface area contributed by atoms with E-state index in [0.29, 0.717) is 31.5 Å². The number of amides is 1. The molecule has 6 heteroatoms. The highest BCUT2D eigenvalue weighted by atomic mass is 16.5. The lowest BCUT2D eigenvalue weighted by molar-refractivity contribution is -0.123. The average molecular weight is 332 g/mol. The maximum absolute atomic E-state index is 12.2. The van der Waals surface area contributed by atoms with Crippen molar-refractivity contribution in [2.75, 3.05) is 20.2 Å².